The van der Waals surface area contributed by atoms with Gasteiger partial charge in [0.25, 0.3) is 0 Å². The summed E-state index contributed by atoms with van der Waals surface area (Å²) in [6, 6.07) is 18.9. The van der Waals surface area contributed by atoms with Gasteiger partial charge in [-0.3, -0.25) is 4.90 Å². The summed E-state index contributed by atoms with van der Waals surface area (Å²) < 4.78 is 2.29. The topological polar surface area (TPSA) is 41.3 Å². The van der Waals surface area contributed by atoms with Gasteiger partial charge in [0.1, 0.15) is 5.82 Å². The van der Waals surface area contributed by atoms with E-state index in [-0.39, 0.29) is 6.61 Å². The standard InChI is InChI=1S/C22H27N3O/c1-18(2)25-21-13-7-6-12-20(21)23-22(25)17-24(15-16-26)14-8-11-19-9-4-3-5-10-19/h3-13,18,26H,14-17H2,1-2H3. The van der Waals surface area contributed by atoms with Gasteiger partial charge in [0, 0.05) is 19.1 Å². The maximum absolute atomic E-state index is 9.46. The molecule has 0 atom stereocenters. The number of rotatable bonds is 8. The van der Waals surface area contributed by atoms with E-state index in [0.717, 1.165) is 17.9 Å². The average molecular weight is 349 g/mol. The number of aromatic nitrogens is 2. The van der Waals surface area contributed by atoms with Crippen LogP contribution >= 0.6 is 0 Å². The summed E-state index contributed by atoms with van der Waals surface area (Å²) in [7, 11) is 0. The second-order valence-corrected chi connectivity index (χ2v) is 6.75. The molecule has 0 saturated carbocycles. The zero-order valence-electron chi connectivity index (χ0n) is 15.5. The van der Waals surface area contributed by atoms with Gasteiger partial charge < -0.3 is 9.67 Å². The third kappa shape index (κ3) is 4.40. The number of hydrogen-bond donors (Lipinski definition) is 1. The molecule has 2 aromatic carbocycles. The van der Waals surface area contributed by atoms with E-state index in [1.807, 2.05) is 24.3 Å². The Morgan fingerprint density at radius 2 is 1.81 bits per heavy atom. The van der Waals surface area contributed by atoms with E-state index >= 15 is 0 Å². The second-order valence-electron chi connectivity index (χ2n) is 6.75. The largest absolute Gasteiger partial charge is 0.395 e. The summed E-state index contributed by atoms with van der Waals surface area (Å²) in [6.45, 7) is 6.62. The zero-order chi connectivity index (χ0) is 18.4. The molecule has 136 valence electrons. The molecule has 0 aliphatic heterocycles. The van der Waals surface area contributed by atoms with Crippen LogP contribution in [0.4, 0.5) is 0 Å². The molecule has 0 aliphatic carbocycles. The van der Waals surface area contributed by atoms with E-state index in [0.29, 0.717) is 19.1 Å². The summed E-state index contributed by atoms with van der Waals surface area (Å²) in [5.74, 6) is 1.04. The van der Waals surface area contributed by atoms with E-state index in [1.165, 1.54) is 11.1 Å². The first-order valence-electron chi connectivity index (χ1n) is 9.19. The molecular weight excluding hydrogens is 322 g/mol. The van der Waals surface area contributed by atoms with Crippen molar-refractivity contribution in [3.05, 3.63) is 72.1 Å². The van der Waals surface area contributed by atoms with E-state index in [4.69, 9.17) is 4.98 Å². The van der Waals surface area contributed by atoms with Gasteiger partial charge in [0.05, 0.1) is 24.2 Å². The summed E-state index contributed by atoms with van der Waals surface area (Å²) in [4.78, 5) is 7.06. The van der Waals surface area contributed by atoms with Crippen LogP contribution in [0, 0.1) is 0 Å². The number of fused-ring (bicyclic) bond motifs is 1. The Morgan fingerprint density at radius 3 is 2.54 bits per heavy atom. The molecule has 1 heterocycles. The lowest BCUT2D eigenvalue weighted by atomic mass is 10.2. The van der Waals surface area contributed by atoms with Crippen LogP contribution in [0.25, 0.3) is 17.1 Å². The Morgan fingerprint density at radius 1 is 1.08 bits per heavy atom. The second kappa shape index (κ2) is 8.79. The molecule has 0 aliphatic rings. The van der Waals surface area contributed by atoms with Crippen molar-refractivity contribution in [2.75, 3.05) is 19.7 Å². The van der Waals surface area contributed by atoms with Crippen LogP contribution in [0.5, 0.6) is 0 Å². The first kappa shape index (κ1) is 18.4. The van der Waals surface area contributed by atoms with Crippen molar-refractivity contribution in [2.45, 2.75) is 26.4 Å². The highest BCUT2D eigenvalue weighted by molar-refractivity contribution is 5.76. The number of benzene rings is 2. The minimum Gasteiger partial charge on any atom is -0.395 e. The van der Waals surface area contributed by atoms with E-state index < -0.39 is 0 Å². The Kier molecular flexibility index (Phi) is 6.21. The average Bonchev–Trinajstić information content (AvgIpc) is 3.00. The Bertz CT molecular complexity index is 852. The Balaban J connectivity index is 1.78. The van der Waals surface area contributed by atoms with Gasteiger partial charge in [-0.1, -0.05) is 54.6 Å². The van der Waals surface area contributed by atoms with Crippen molar-refractivity contribution in [2.24, 2.45) is 0 Å². The molecule has 26 heavy (non-hydrogen) atoms. The van der Waals surface area contributed by atoms with Crippen LogP contribution in [0.15, 0.2) is 60.7 Å². The van der Waals surface area contributed by atoms with Gasteiger partial charge in [0.15, 0.2) is 0 Å². The fourth-order valence-corrected chi connectivity index (χ4v) is 3.26. The molecule has 4 heteroatoms. The lowest BCUT2D eigenvalue weighted by Gasteiger charge is -2.21. The number of imidazole rings is 1. The van der Waals surface area contributed by atoms with Crippen molar-refractivity contribution in [3.63, 3.8) is 0 Å². The summed E-state index contributed by atoms with van der Waals surface area (Å²) in [5.41, 5.74) is 3.38. The SMILES string of the molecule is CC(C)n1c(CN(CC=Cc2ccccc2)CCO)nc2ccccc21. The van der Waals surface area contributed by atoms with Crippen LogP contribution in [0.1, 0.15) is 31.3 Å². The van der Waals surface area contributed by atoms with Crippen LogP contribution < -0.4 is 0 Å². The lowest BCUT2D eigenvalue weighted by Crippen LogP contribution is -2.28. The molecule has 0 bridgehead atoms. The number of aliphatic hydroxyl groups is 1. The molecule has 0 fully saturated rings. The number of para-hydroxylation sites is 2. The van der Waals surface area contributed by atoms with Gasteiger partial charge in [-0.2, -0.15) is 0 Å². The Labute approximate surface area is 155 Å². The predicted octanol–water partition coefficient (Wildman–Crippen LogP) is 4.12. The quantitative estimate of drug-likeness (QED) is 0.665. The van der Waals surface area contributed by atoms with Crippen molar-refractivity contribution in [1.29, 1.82) is 0 Å². The number of nitrogens with zero attached hydrogens (tertiary/aromatic N) is 3. The molecule has 3 rings (SSSR count). The highest BCUT2D eigenvalue weighted by Gasteiger charge is 2.15. The first-order chi connectivity index (χ1) is 12.7. The van der Waals surface area contributed by atoms with Gasteiger partial charge in [-0.15, -0.1) is 0 Å². The molecule has 0 radical (unpaired) electrons. The van der Waals surface area contributed by atoms with Crippen LogP contribution in [-0.2, 0) is 6.54 Å². The minimum absolute atomic E-state index is 0.140. The van der Waals surface area contributed by atoms with E-state index in [9.17, 15) is 5.11 Å². The summed E-state index contributed by atoms with van der Waals surface area (Å²) >= 11 is 0. The van der Waals surface area contributed by atoms with Crippen LogP contribution in [-0.4, -0.2) is 39.3 Å². The zero-order valence-corrected chi connectivity index (χ0v) is 15.5. The summed E-state index contributed by atoms with van der Waals surface area (Å²) in [6.07, 6.45) is 4.27. The highest BCUT2D eigenvalue weighted by Crippen LogP contribution is 2.22. The van der Waals surface area contributed by atoms with Gasteiger partial charge in [-0.05, 0) is 31.5 Å². The molecular formula is C22H27N3O. The van der Waals surface area contributed by atoms with Crippen molar-refractivity contribution in [3.8, 4) is 0 Å². The third-order valence-electron chi connectivity index (χ3n) is 4.44. The smallest absolute Gasteiger partial charge is 0.124 e. The normalized spacial score (nSPS) is 12.0. The van der Waals surface area contributed by atoms with E-state index in [2.05, 4.69) is 65.8 Å². The monoisotopic (exact) mass is 349 g/mol. The van der Waals surface area contributed by atoms with Crippen molar-refractivity contribution in [1.82, 2.24) is 14.5 Å². The molecule has 1 aromatic heterocycles. The molecule has 4 nitrogen and oxygen atoms in total. The predicted molar refractivity (Wildman–Crippen MR) is 108 cm³/mol. The fraction of sp³-hybridized carbons (Fsp3) is 0.318. The summed E-state index contributed by atoms with van der Waals surface area (Å²) in [5, 5.41) is 9.46. The van der Waals surface area contributed by atoms with Crippen LogP contribution in [0.3, 0.4) is 0 Å². The molecule has 1 N–H and O–H groups in total. The molecule has 3 aromatic rings. The maximum Gasteiger partial charge on any atom is 0.124 e. The molecule has 0 amide bonds. The minimum atomic E-state index is 0.140. The third-order valence-corrected chi connectivity index (χ3v) is 4.44. The molecule has 0 unspecified atom stereocenters. The van der Waals surface area contributed by atoms with E-state index in [1.54, 1.807) is 0 Å². The van der Waals surface area contributed by atoms with Gasteiger partial charge >= 0.3 is 0 Å². The van der Waals surface area contributed by atoms with Gasteiger partial charge in [-0.25, -0.2) is 4.98 Å². The Hall–Kier alpha value is -2.43. The highest BCUT2D eigenvalue weighted by atomic mass is 16.3. The van der Waals surface area contributed by atoms with Crippen molar-refractivity contribution >= 4 is 17.1 Å². The van der Waals surface area contributed by atoms with Gasteiger partial charge in [0.2, 0.25) is 0 Å². The van der Waals surface area contributed by atoms with Crippen LogP contribution in [0.2, 0.25) is 0 Å². The first-order valence-corrected chi connectivity index (χ1v) is 9.19. The molecule has 0 saturated heterocycles. The molecule has 0 spiro atoms. The fourth-order valence-electron chi connectivity index (χ4n) is 3.26. The van der Waals surface area contributed by atoms with Crippen molar-refractivity contribution < 1.29 is 5.11 Å². The maximum atomic E-state index is 9.46. The number of aliphatic hydroxyl groups excluding tert-OH is 1. The lowest BCUT2D eigenvalue weighted by molar-refractivity contribution is 0.199. The number of hydrogen-bond acceptors (Lipinski definition) is 3.